The molecule has 0 spiro atoms. The Bertz CT molecular complexity index is 221. The van der Waals surface area contributed by atoms with E-state index >= 15 is 0 Å². The minimum Gasteiger partial charge on any atom is -0.335 e. The largest absolute Gasteiger partial charge is 0.335 e. The van der Waals surface area contributed by atoms with Crippen molar-refractivity contribution in [2.24, 2.45) is 0 Å². The molecule has 124 valence electrons. The number of urea groups is 1. The molecule has 2 N–H and O–H groups in total. The zero-order valence-electron chi connectivity index (χ0n) is 13.7. The molecule has 0 aromatic rings. The number of hydrogen-bond acceptors (Lipinski definition) is 2. The molecule has 2 rings (SSSR count). The van der Waals surface area contributed by atoms with Gasteiger partial charge in [-0.05, 0) is 12.8 Å². The van der Waals surface area contributed by atoms with Crippen molar-refractivity contribution in [2.75, 3.05) is 26.2 Å². The second kappa shape index (κ2) is 15.4. The van der Waals surface area contributed by atoms with Gasteiger partial charge in [0.1, 0.15) is 0 Å². The van der Waals surface area contributed by atoms with Crippen molar-refractivity contribution in [1.29, 1.82) is 0 Å². The van der Waals surface area contributed by atoms with Crippen LogP contribution < -0.4 is 10.6 Å². The first kappa shape index (κ1) is 22.2. The summed E-state index contributed by atoms with van der Waals surface area (Å²) in [6.45, 7) is 11.5. The van der Waals surface area contributed by atoms with Crippen LogP contribution in [0.3, 0.4) is 0 Å². The summed E-state index contributed by atoms with van der Waals surface area (Å²) >= 11 is 0. The number of rotatable bonds is 1. The molecule has 1 aliphatic carbocycles. The highest BCUT2D eigenvalue weighted by atomic mass is 127. The predicted molar refractivity (Wildman–Crippen MR) is 100 cm³/mol. The van der Waals surface area contributed by atoms with Crippen molar-refractivity contribution in [2.45, 2.75) is 65.8 Å². The molecule has 0 bridgehead atoms. The van der Waals surface area contributed by atoms with Crippen LogP contribution in [0.15, 0.2) is 0 Å². The van der Waals surface area contributed by atoms with Crippen LogP contribution in [0.25, 0.3) is 0 Å². The van der Waals surface area contributed by atoms with Crippen LogP contribution in [0.1, 0.15) is 61.2 Å². The number of carbonyl (C=O) groups excluding carboxylic acids is 1. The van der Waals surface area contributed by atoms with E-state index in [4.69, 9.17) is 0 Å². The Hall–Kier alpha value is -0.0400. The van der Waals surface area contributed by atoms with Gasteiger partial charge in [-0.1, -0.05) is 47.0 Å². The van der Waals surface area contributed by atoms with Crippen LogP contribution >= 0.6 is 24.0 Å². The van der Waals surface area contributed by atoms with Crippen LogP contribution in [0.5, 0.6) is 0 Å². The zero-order chi connectivity index (χ0) is 14.5. The van der Waals surface area contributed by atoms with Crippen LogP contribution in [0, 0.1) is 0 Å². The van der Waals surface area contributed by atoms with Crippen LogP contribution in [-0.4, -0.2) is 43.2 Å². The van der Waals surface area contributed by atoms with Crippen molar-refractivity contribution in [3.05, 3.63) is 0 Å². The summed E-state index contributed by atoms with van der Waals surface area (Å²) in [4.78, 5) is 13.8. The molecule has 2 amide bonds. The Morgan fingerprint density at radius 3 is 2.05 bits per heavy atom. The van der Waals surface area contributed by atoms with Crippen LogP contribution in [0.4, 0.5) is 4.79 Å². The third-order valence-corrected chi connectivity index (χ3v) is 3.34. The molecule has 1 heterocycles. The molecule has 4 nitrogen and oxygen atoms in total. The van der Waals surface area contributed by atoms with Gasteiger partial charge in [-0.2, -0.15) is 0 Å². The molecule has 0 unspecified atom stereocenters. The maximum atomic E-state index is 11.9. The maximum absolute atomic E-state index is 11.9. The van der Waals surface area contributed by atoms with Gasteiger partial charge in [0.2, 0.25) is 0 Å². The summed E-state index contributed by atoms with van der Waals surface area (Å²) in [6.07, 6.45) is 6.20. The summed E-state index contributed by atoms with van der Waals surface area (Å²) in [6, 6.07) is 0.574. The highest BCUT2D eigenvalue weighted by Crippen LogP contribution is 2.17. The molecule has 20 heavy (non-hydrogen) atoms. The summed E-state index contributed by atoms with van der Waals surface area (Å²) in [5.41, 5.74) is 0. The third kappa shape index (κ3) is 9.00. The lowest BCUT2D eigenvalue weighted by molar-refractivity contribution is 0.183. The molecular formula is C15H36IN3O. The van der Waals surface area contributed by atoms with Crippen LogP contribution in [-0.2, 0) is 0 Å². The van der Waals surface area contributed by atoms with E-state index in [-0.39, 0.29) is 31.4 Å². The van der Waals surface area contributed by atoms with Crippen molar-refractivity contribution in [3.63, 3.8) is 0 Å². The highest BCUT2D eigenvalue weighted by Gasteiger charge is 2.20. The second-order valence-electron chi connectivity index (χ2n) is 4.52. The molecule has 2 fully saturated rings. The Morgan fingerprint density at radius 1 is 1.05 bits per heavy atom. The van der Waals surface area contributed by atoms with E-state index in [0.29, 0.717) is 6.04 Å². The molecule has 0 atom stereocenters. The lowest BCUT2D eigenvalue weighted by atomic mass is 9.96. The summed E-state index contributed by atoms with van der Waals surface area (Å²) in [5, 5.41) is 6.40. The first-order chi connectivity index (χ1) is 9.36. The Morgan fingerprint density at radius 2 is 1.55 bits per heavy atom. The van der Waals surface area contributed by atoms with E-state index in [2.05, 4.69) is 10.6 Å². The average Bonchev–Trinajstić information content (AvgIpc) is 2.53. The first-order valence-corrected chi connectivity index (χ1v) is 8.12. The molecule has 1 saturated heterocycles. The summed E-state index contributed by atoms with van der Waals surface area (Å²) in [5.74, 6) is 0. The standard InChI is InChI=1S/C11H21N3O.2C2H6.HI.H2/c15-11(14-8-6-12-7-9-14)13-10-4-2-1-3-5-10;2*1-2;;/h10,12H,1-9H2,(H,13,15);2*1-2H3;2*1H. The Labute approximate surface area is 143 Å². The Kier molecular flexibility index (Phi) is 17.1. The average molecular weight is 401 g/mol. The van der Waals surface area contributed by atoms with Crippen molar-refractivity contribution < 1.29 is 6.22 Å². The first-order valence-electron chi connectivity index (χ1n) is 8.12. The van der Waals surface area contributed by atoms with Gasteiger partial charge in [0.15, 0.2) is 0 Å². The fourth-order valence-electron chi connectivity index (χ4n) is 2.38. The minimum absolute atomic E-state index is 0. The van der Waals surface area contributed by atoms with Crippen molar-refractivity contribution in [3.8, 4) is 0 Å². The maximum Gasteiger partial charge on any atom is 0.317 e. The van der Waals surface area contributed by atoms with Crippen LogP contribution in [0.2, 0.25) is 0 Å². The topological polar surface area (TPSA) is 44.4 Å². The fourth-order valence-corrected chi connectivity index (χ4v) is 2.38. The quantitative estimate of drug-likeness (QED) is 0.656. The minimum atomic E-state index is 0. The predicted octanol–water partition coefficient (Wildman–Crippen LogP) is 3.85. The van der Waals surface area contributed by atoms with E-state index in [1.54, 1.807) is 0 Å². The van der Waals surface area contributed by atoms with Gasteiger partial charge in [-0.15, -0.1) is 24.0 Å². The molecule has 2 aliphatic rings. The molecule has 1 saturated carbocycles. The summed E-state index contributed by atoms with van der Waals surface area (Å²) < 4.78 is 0. The molecular weight excluding hydrogens is 365 g/mol. The zero-order valence-corrected chi connectivity index (χ0v) is 16.0. The molecule has 1 aliphatic heterocycles. The monoisotopic (exact) mass is 401 g/mol. The van der Waals surface area contributed by atoms with Gasteiger partial charge in [0.05, 0.1) is 0 Å². The normalized spacial score (nSPS) is 18.5. The van der Waals surface area contributed by atoms with E-state index in [9.17, 15) is 4.79 Å². The molecule has 0 aromatic carbocycles. The number of nitrogens with one attached hydrogen (secondary N) is 2. The molecule has 0 aromatic heterocycles. The number of carbonyl (C=O) groups is 1. The lowest BCUT2D eigenvalue weighted by Crippen LogP contribution is -2.52. The second-order valence-corrected chi connectivity index (χ2v) is 4.52. The fraction of sp³-hybridized carbons (Fsp3) is 0.933. The van der Waals surface area contributed by atoms with Crippen molar-refractivity contribution >= 4 is 30.0 Å². The number of amides is 2. The summed E-state index contributed by atoms with van der Waals surface area (Å²) in [7, 11) is 0. The number of halogens is 1. The highest BCUT2D eigenvalue weighted by molar-refractivity contribution is 14.0. The third-order valence-electron chi connectivity index (χ3n) is 3.34. The van der Waals surface area contributed by atoms with Gasteiger partial charge in [0.25, 0.3) is 0 Å². The van der Waals surface area contributed by atoms with E-state index < -0.39 is 0 Å². The van der Waals surface area contributed by atoms with Gasteiger partial charge in [-0.3, -0.25) is 0 Å². The van der Waals surface area contributed by atoms with Gasteiger partial charge < -0.3 is 15.5 Å². The smallest absolute Gasteiger partial charge is 0.317 e. The van der Waals surface area contributed by atoms with Crippen molar-refractivity contribution in [1.82, 2.24) is 15.5 Å². The number of nitrogens with zero attached hydrogens (tertiary/aromatic N) is 1. The molecule has 5 heteroatoms. The van der Waals surface area contributed by atoms with Gasteiger partial charge >= 0.3 is 6.03 Å². The number of hydrogen-bond donors (Lipinski definition) is 2. The molecule has 0 radical (unpaired) electrons. The lowest BCUT2D eigenvalue weighted by Gasteiger charge is -2.31. The van der Waals surface area contributed by atoms with E-state index in [0.717, 1.165) is 39.0 Å². The van der Waals surface area contributed by atoms with Gasteiger partial charge in [-0.25, -0.2) is 4.79 Å². The SMILES string of the molecule is CC.CC.I.O=C(NC1CCCCC1)N1CCNCC1.[HH]. The van der Waals surface area contributed by atoms with E-state index in [1.165, 1.54) is 19.3 Å². The Balaban J connectivity index is -0.000000499. The van der Waals surface area contributed by atoms with E-state index in [1.807, 2.05) is 32.6 Å². The number of piperazine rings is 1. The van der Waals surface area contributed by atoms with Gasteiger partial charge in [0, 0.05) is 33.6 Å².